The molecular formula is C20H23F3N4O. The van der Waals surface area contributed by atoms with Gasteiger partial charge in [0.2, 0.25) is 0 Å². The van der Waals surface area contributed by atoms with Gasteiger partial charge in [0.15, 0.2) is 0 Å². The highest BCUT2D eigenvalue weighted by Crippen LogP contribution is 2.36. The number of alkyl halides is 3. The lowest BCUT2D eigenvalue weighted by Gasteiger charge is -2.32. The third kappa shape index (κ3) is 3.71. The van der Waals surface area contributed by atoms with Crippen molar-refractivity contribution >= 4 is 21.9 Å². The fourth-order valence-electron chi connectivity index (χ4n) is 4.21. The lowest BCUT2D eigenvalue weighted by atomic mass is 9.90. The summed E-state index contributed by atoms with van der Waals surface area (Å²) in [5.74, 6) is 0.583. The van der Waals surface area contributed by atoms with Crippen LogP contribution in [0.1, 0.15) is 50.6 Å². The monoisotopic (exact) mass is 392 g/mol. The number of nitrogens with zero attached hydrogens (tertiary/aromatic N) is 3. The first-order chi connectivity index (χ1) is 13.3. The zero-order valence-corrected chi connectivity index (χ0v) is 15.6. The summed E-state index contributed by atoms with van der Waals surface area (Å²) >= 11 is 0. The second kappa shape index (κ2) is 7.33. The highest BCUT2D eigenvalue weighted by Gasteiger charge is 2.31. The van der Waals surface area contributed by atoms with Crippen LogP contribution in [0.4, 0.5) is 13.2 Å². The number of nitrogens with one attached hydrogen (secondary N) is 1. The number of para-hydroxylation sites is 1. The molecule has 0 saturated heterocycles. The van der Waals surface area contributed by atoms with E-state index < -0.39 is 18.8 Å². The Morgan fingerprint density at radius 1 is 1.18 bits per heavy atom. The normalized spacial score (nSPS) is 22.0. The molecule has 2 N–H and O–H groups in total. The average Bonchev–Trinajstić information content (AvgIpc) is 3.07. The van der Waals surface area contributed by atoms with E-state index in [0.29, 0.717) is 18.7 Å². The molecule has 8 heteroatoms. The Bertz CT molecular complexity index is 975. The summed E-state index contributed by atoms with van der Waals surface area (Å²) in [6, 6.07) is 7.75. The Morgan fingerprint density at radius 3 is 2.57 bits per heavy atom. The molecule has 1 aliphatic rings. The molecular weight excluding hydrogens is 369 g/mol. The van der Waals surface area contributed by atoms with Crippen LogP contribution in [0.15, 0.2) is 30.5 Å². The number of fused-ring (bicyclic) bond motifs is 3. The molecule has 5 nitrogen and oxygen atoms in total. The predicted octanol–water partition coefficient (Wildman–Crippen LogP) is 4.27. The molecule has 1 saturated carbocycles. The van der Waals surface area contributed by atoms with Crippen molar-refractivity contribution in [1.82, 2.24) is 19.9 Å². The van der Waals surface area contributed by atoms with Crippen LogP contribution < -0.4 is 5.32 Å². The van der Waals surface area contributed by atoms with E-state index in [4.69, 9.17) is 0 Å². The number of rotatable bonds is 4. The number of imidazole rings is 1. The fourth-order valence-corrected chi connectivity index (χ4v) is 4.21. The Kier molecular flexibility index (Phi) is 5.01. The number of aliphatic hydroxyl groups excluding tert-OH is 1. The third-order valence-corrected chi connectivity index (χ3v) is 5.48. The van der Waals surface area contributed by atoms with Gasteiger partial charge < -0.3 is 15.0 Å². The zero-order valence-electron chi connectivity index (χ0n) is 15.6. The largest absolute Gasteiger partial charge is 0.401 e. The number of pyridine rings is 1. The van der Waals surface area contributed by atoms with E-state index in [1.165, 1.54) is 0 Å². The minimum absolute atomic E-state index is 0.0874. The van der Waals surface area contributed by atoms with Crippen LogP contribution in [0.5, 0.6) is 0 Å². The van der Waals surface area contributed by atoms with E-state index in [1.54, 1.807) is 13.1 Å². The number of benzene rings is 1. The first kappa shape index (κ1) is 19.1. The Labute approximate surface area is 160 Å². The maximum absolute atomic E-state index is 12.5. The van der Waals surface area contributed by atoms with Gasteiger partial charge in [0.05, 0.1) is 23.8 Å². The van der Waals surface area contributed by atoms with Crippen LogP contribution in [-0.4, -0.2) is 38.4 Å². The van der Waals surface area contributed by atoms with Gasteiger partial charge in [-0.15, -0.1) is 0 Å². The van der Waals surface area contributed by atoms with Crippen molar-refractivity contribution < 1.29 is 18.3 Å². The molecule has 4 rings (SSSR count). The predicted molar refractivity (Wildman–Crippen MR) is 101 cm³/mol. The van der Waals surface area contributed by atoms with Gasteiger partial charge in [-0.1, -0.05) is 18.2 Å². The Balaban J connectivity index is 1.66. The molecule has 28 heavy (non-hydrogen) atoms. The zero-order chi connectivity index (χ0) is 19.9. The second-order valence-electron chi connectivity index (χ2n) is 7.53. The van der Waals surface area contributed by atoms with Gasteiger partial charge in [-0.05, 0) is 38.7 Å². The van der Waals surface area contributed by atoms with Gasteiger partial charge in [-0.2, -0.15) is 13.2 Å². The smallest absolute Gasteiger partial charge is 0.385 e. The number of aliphatic hydroxyl groups is 1. The Hall–Kier alpha value is -2.19. The molecule has 150 valence electrons. The summed E-state index contributed by atoms with van der Waals surface area (Å²) in [6.07, 6.45) is -0.438. The number of hydrogen-bond acceptors (Lipinski definition) is 4. The Morgan fingerprint density at radius 2 is 1.89 bits per heavy atom. The van der Waals surface area contributed by atoms with Gasteiger partial charge in [0.1, 0.15) is 17.4 Å². The topological polar surface area (TPSA) is 63.0 Å². The van der Waals surface area contributed by atoms with Crippen LogP contribution in [-0.2, 0) is 0 Å². The lowest BCUT2D eigenvalue weighted by Crippen LogP contribution is -2.39. The van der Waals surface area contributed by atoms with E-state index in [2.05, 4.69) is 19.9 Å². The van der Waals surface area contributed by atoms with Crippen molar-refractivity contribution in [1.29, 1.82) is 0 Å². The summed E-state index contributed by atoms with van der Waals surface area (Å²) in [4.78, 5) is 9.06. The van der Waals surface area contributed by atoms with E-state index in [0.717, 1.165) is 34.8 Å². The first-order valence-corrected chi connectivity index (χ1v) is 9.57. The molecule has 1 fully saturated rings. The number of hydrogen-bond donors (Lipinski definition) is 2. The van der Waals surface area contributed by atoms with Crippen molar-refractivity contribution in [3.63, 3.8) is 0 Å². The summed E-state index contributed by atoms with van der Waals surface area (Å²) in [5, 5.41) is 13.9. The van der Waals surface area contributed by atoms with Crippen LogP contribution in [0.25, 0.3) is 21.9 Å². The highest BCUT2D eigenvalue weighted by atomic mass is 19.4. The molecule has 0 bridgehead atoms. The van der Waals surface area contributed by atoms with Gasteiger partial charge in [-0.3, -0.25) is 4.98 Å². The van der Waals surface area contributed by atoms with Crippen molar-refractivity contribution in [2.75, 3.05) is 6.54 Å². The average molecular weight is 392 g/mol. The fraction of sp³-hybridized carbons (Fsp3) is 0.500. The molecule has 0 amide bonds. The summed E-state index contributed by atoms with van der Waals surface area (Å²) in [5.41, 5.74) is 2.52. The van der Waals surface area contributed by atoms with Crippen LogP contribution >= 0.6 is 0 Å². The van der Waals surface area contributed by atoms with E-state index in [1.807, 2.05) is 24.3 Å². The molecule has 0 aliphatic heterocycles. The molecule has 0 radical (unpaired) electrons. The van der Waals surface area contributed by atoms with Crippen LogP contribution in [0, 0.1) is 0 Å². The van der Waals surface area contributed by atoms with E-state index in [-0.39, 0.29) is 12.1 Å². The molecule has 0 unspecified atom stereocenters. The molecule has 1 aromatic carbocycles. The maximum atomic E-state index is 12.5. The second-order valence-corrected chi connectivity index (χ2v) is 7.53. The molecule has 1 atom stereocenters. The quantitative estimate of drug-likeness (QED) is 0.696. The summed E-state index contributed by atoms with van der Waals surface area (Å²) < 4.78 is 39.5. The maximum Gasteiger partial charge on any atom is 0.401 e. The minimum atomic E-state index is -4.19. The van der Waals surface area contributed by atoms with Crippen LogP contribution in [0.3, 0.4) is 0 Å². The first-order valence-electron chi connectivity index (χ1n) is 9.57. The number of halogens is 3. The lowest BCUT2D eigenvalue weighted by molar-refractivity contribution is -0.126. The molecule has 3 aromatic rings. The molecule has 2 heterocycles. The summed E-state index contributed by atoms with van der Waals surface area (Å²) in [7, 11) is 0. The molecule has 0 spiro atoms. The van der Waals surface area contributed by atoms with Gasteiger partial charge in [-0.25, -0.2) is 4.98 Å². The number of aromatic nitrogens is 3. The van der Waals surface area contributed by atoms with Gasteiger partial charge in [0, 0.05) is 17.5 Å². The van der Waals surface area contributed by atoms with Crippen molar-refractivity contribution in [3.05, 3.63) is 36.3 Å². The van der Waals surface area contributed by atoms with Crippen LogP contribution in [0.2, 0.25) is 0 Å². The van der Waals surface area contributed by atoms with E-state index in [9.17, 15) is 18.3 Å². The van der Waals surface area contributed by atoms with Crippen molar-refractivity contribution in [3.8, 4) is 0 Å². The van der Waals surface area contributed by atoms with E-state index >= 15 is 0 Å². The summed E-state index contributed by atoms with van der Waals surface area (Å²) in [6.45, 7) is 0.732. The van der Waals surface area contributed by atoms with Gasteiger partial charge >= 0.3 is 6.18 Å². The molecule has 1 aliphatic carbocycles. The van der Waals surface area contributed by atoms with Crippen molar-refractivity contribution in [2.24, 2.45) is 0 Å². The standard InChI is InChI=1S/C20H23F3N4O/c1-12(28)19-26-17-10-24-16-5-3-2-4-15(16)18(17)27(19)14-8-6-13(7-9-14)25-11-20(21,22)23/h2-5,10,12-14,25,28H,6-9,11H2,1H3/t12-,13-,14-/m1/s1. The minimum Gasteiger partial charge on any atom is -0.385 e. The molecule has 2 aromatic heterocycles. The highest BCUT2D eigenvalue weighted by molar-refractivity contribution is 6.02. The van der Waals surface area contributed by atoms with Crippen molar-refractivity contribution in [2.45, 2.75) is 57.0 Å². The third-order valence-electron chi connectivity index (χ3n) is 5.48. The van der Waals surface area contributed by atoms with Gasteiger partial charge in [0.25, 0.3) is 0 Å². The SMILES string of the molecule is C[C@@H](O)c1nc2cnc3ccccc3c2n1[C@H]1CC[C@H](NCC(F)(F)F)CC1.